The first-order valence-corrected chi connectivity index (χ1v) is 9.05. The van der Waals surface area contributed by atoms with Crippen molar-refractivity contribution in [2.24, 2.45) is 0 Å². The predicted molar refractivity (Wildman–Crippen MR) is 106 cm³/mol. The zero-order valence-electron chi connectivity index (χ0n) is 15.3. The highest BCUT2D eigenvalue weighted by Gasteiger charge is 2.16. The summed E-state index contributed by atoms with van der Waals surface area (Å²) >= 11 is 0. The third-order valence-electron chi connectivity index (χ3n) is 4.21. The summed E-state index contributed by atoms with van der Waals surface area (Å²) in [4.78, 5) is 12.3. The second-order valence-electron chi connectivity index (χ2n) is 6.02. The Balaban J connectivity index is 1.70. The fourth-order valence-electron chi connectivity index (χ4n) is 2.93. The summed E-state index contributed by atoms with van der Waals surface area (Å²) in [6.07, 6.45) is -0.501. The minimum Gasteiger partial charge on any atom is -0.490 e. The van der Waals surface area contributed by atoms with Crippen LogP contribution in [0.2, 0.25) is 0 Å². The molecule has 4 heteroatoms. The first-order valence-electron chi connectivity index (χ1n) is 9.05. The molecule has 0 fully saturated rings. The molecule has 1 N–H and O–H groups in total. The van der Waals surface area contributed by atoms with E-state index in [-0.39, 0.29) is 5.92 Å². The second-order valence-corrected chi connectivity index (χ2v) is 6.02. The van der Waals surface area contributed by atoms with Crippen LogP contribution in [0.5, 0.6) is 11.5 Å². The Bertz CT molecular complexity index is 810. The van der Waals surface area contributed by atoms with Crippen LogP contribution in [0.25, 0.3) is 0 Å². The number of hydrogen-bond donors (Lipinski definition) is 1. The smallest absolute Gasteiger partial charge is 0.412 e. The van der Waals surface area contributed by atoms with Crippen molar-refractivity contribution >= 4 is 6.09 Å². The van der Waals surface area contributed by atoms with E-state index >= 15 is 0 Å². The summed E-state index contributed by atoms with van der Waals surface area (Å²) in [6, 6.07) is 27.4. The number of carbonyl (C=O) groups is 1. The lowest BCUT2D eigenvalue weighted by molar-refractivity contribution is 0.197. The number of carbonyl (C=O) groups excluding carboxylic acids is 1. The molecule has 0 aliphatic carbocycles. The van der Waals surface area contributed by atoms with E-state index < -0.39 is 6.09 Å². The van der Waals surface area contributed by atoms with Crippen molar-refractivity contribution in [2.75, 3.05) is 13.2 Å². The minimum absolute atomic E-state index is 0.0436. The summed E-state index contributed by atoms with van der Waals surface area (Å²) in [5, 5.41) is 2.88. The van der Waals surface area contributed by atoms with Crippen LogP contribution in [-0.4, -0.2) is 19.2 Å². The number of hydrogen-bond acceptors (Lipinski definition) is 3. The second kappa shape index (κ2) is 9.43. The van der Waals surface area contributed by atoms with E-state index in [0.717, 1.165) is 11.1 Å². The van der Waals surface area contributed by atoms with E-state index in [0.29, 0.717) is 24.7 Å². The lowest BCUT2D eigenvalue weighted by atomic mass is 9.91. The van der Waals surface area contributed by atoms with Gasteiger partial charge in [0.1, 0.15) is 0 Å². The predicted octanol–water partition coefficient (Wildman–Crippen LogP) is 5.01. The molecular weight excluding hydrogens is 338 g/mol. The van der Waals surface area contributed by atoms with Crippen LogP contribution in [-0.2, 0) is 0 Å². The molecule has 0 heterocycles. The molecule has 0 saturated carbocycles. The third kappa shape index (κ3) is 5.11. The van der Waals surface area contributed by atoms with Gasteiger partial charge in [-0.05, 0) is 30.2 Å². The number of rotatable bonds is 7. The maximum Gasteiger partial charge on any atom is 0.412 e. The Labute approximate surface area is 159 Å². The fourth-order valence-corrected chi connectivity index (χ4v) is 2.93. The van der Waals surface area contributed by atoms with Gasteiger partial charge in [0, 0.05) is 12.5 Å². The molecule has 0 aliphatic rings. The lowest BCUT2D eigenvalue weighted by Crippen LogP contribution is -2.31. The molecule has 0 spiro atoms. The number of nitrogens with one attached hydrogen (secondary N) is 1. The van der Waals surface area contributed by atoms with Crippen LogP contribution >= 0.6 is 0 Å². The maximum atomic E-state index is 12.3. The van der Waals surface area contributed by atoms with Crippen LogP contribution in [0.4, 0.5) is 4.79 Å². The zero-order valence-corrected chi connectivity index (χ0v) is 15.3. The molecule has 0 radical (unpaired) electrons. The Hall–Kier alpha value is -3.27. The number of para-hydroxylation sites is 2. The fraction of sp³-hybridized carbons (Fsp3) is 0.174. The van der Waals surface area contributed by atoms with Gasteiger partial charge in [-0.3, -0.25) is 0 Å². The average Bonchev–Trinajstić information content (AvgIpc) is 2.71. The molecular formula is C23H23NO3. The standard InChI is InChI=1S/C23H23NO3/c1-2-26-21-15-9-10-16-22(21)27-23(25)24-17-20(18-11-5-3-6-12-18)19-13-7-4-8-14-19/h3-16,20H,2,17H2,1H3,(H,24,25). The third-order valence-corrected chi connectivity index (χ3v) is 4.21. The molecule has 138 valence electrons. The van der Waals surface area contributed by atoms with Crippen LogP contribution in [0, 0.1) is 0 Å². The number of ether oxygens (including phenoxy) is 2. The van der Waals surface area contributed by atoms with Gasteiger partial charge in [-0.25, -0.2) is 4.79 Å². The average molecular weight is 361 g/mol. The maximum absolute atomic E-state index is 12.3. The first-order chi connectivity index (χ1) is 13.3. The normalized spacial score (nSPS) is 10.4. The summed E-state index contributed by atoms with van der Waals surface area (Å²) in [6.45, 7) is 2.83. The van der Waals surface area contributed by atoms with E-state index in [1.807, 2.05) is 55.5 Å². The van der Waals surface area contributed by atoms with Crippen molar-refractivity contribution in [3.63, 3.8) is 0 Å². The van der Waals surface area contributed by atoms with Crippen molar-refractivity contribution in [1.29, 1.82) is 0 Å². The van der Waals surface area contributed by atoms with E-state index in [4.69, 9.17) is 9.47 Å². The summed E-state index contributed by atoms with van der Waals surface area (Å²) in [5.74, 6) is 1.01. The SMILES string of the molecule is CCOc1ccccc1OC(=O)NCC(c1ccccc1)c1ccccc1. The van der Waals surface area contributed by atoms with Gasteiger partial charge in [0.15, 0.2) is 11.5 Å². The molecule has 3 rings (SSSR count). The van der Waals surface area contributed by atoms with Crippen molar-refractivity contribution in [2.45, 2.75) is 12.8 Å². The number of amides is 1. The highest BCUT2D eigenvalue weighted by atomic mass is 16.6. The van der Waals surface area contributed by atoms with Crippen molar-refractivity contribution in [3.8, 4) is 11.5 Å². The lowest BCUT2D eigenvalue weighted by Gasteiger charge is -2.19. The quantitative estimate of drug-likeness (QED) is 0.644. The Morgan fingerprint density at radius 2 is 1.33 bits per heavy atom. The Morgan fingerprint density at radius 3 is 1.89 bits per heavy atom. The minimum atomic E-state index is -0.501. The van der Waals surface area contributed by atoms with E-state index in [1.165, 1.54) is 0 Å². The van der Waals surface area contributed by atoms with Gasteiger partial charge in [0.25, 0.3) is 0 Å². The van der Waals surface area contributed by atoms with Crippen LogP contribution < -0.4 is 14.8 Å². The Kier molecular flexibility index (Phi) is 6.47. The first kappa shape index (κ1) is 18.5. The van der Waals surface area contributed by atoms with Gasteiger partial charge in [-0.1, -0.05) is 72.8 Å². The molecule has 0 unspecified atom stereocenters. The van der Waals surface area contributed by atoms with Crippen LogP contribution in [0.15, 0.2) is 84.9 Å². The van der Waals surface area contributed by atoms with E-state index in [1.54, 1.807) is 12.1 Å². The molecule has 4 nitrogen and oxygen atoms in total. The molecule has 3 aromatic rings. The van der Waals surface area contributed by atoms with Gasteiger partial charge in [-0.2, -0.15) is 0 Å². The summed E-state index contributed by atoms with van der Waals surface area (Å²) in [7, 11) is 0. The van der Waals surface area contributed by atoms with Gasteiger partial charge < -0.3 is 14.8 Å². The molecule has 0 saturated heterocycles. The van der Waals surface area contributed by atoms with E-state index in [2.05, 4.69) is 29.6 Å². The molecule has 0 aliphatic heterocycles. The van der Waals surface area contributed by atoms with Gasteiger partial charge >= 0.3 is 6.09 Å². The van der Waals surface area contributed by atoms with Gasteiger partial charge in [0.2, 0.25) is 0 Å². The highest BCUT2D eigenvalue weighted by Crippen LogP contribution is 2.27. The monoisotopic (exact) mass is 361 g/mol. The van der Waals surface area contributed by atoms with Crippen molar-refractivity contribution < 1.29 is 14.3 Å². The highest BCUT2D eigenvalue weighted by molar-refractivity contribution is 5.71. The van der Waals surface area contributed by atoms with Crippen molar-refractivity contribution in [1.82, 2.24) is 5.32 Å². The molecule has 0 atom stereocenters. The summed E-state index contributed by atoms with van der Waals surface area (Å²) < 4.78 is 10.9. The molecule has 0 bridgehead atoms. The molecule has 0 aromatic heterocycles. The molecule has 3 aromatic carbocycles. The number of benzene rings is 3. The zero-order chi connectivity index (χ0) is 18.9. The summed E-state index contributed by atoms with van der Waals surface area (Å²) in [5.41, 5.74) is 2.28. The molecule has 1 amide bonds. The van der Waals surface area contributed by atoms with Gasteiger partial charge in [0.05, 0.1) is 6.61 Å². The van der Waals surface area contributed by atoms with Crippen molar-refractivity contribution in [3.05, 3.63) is 96.1 Å². The largest absolute Gasteiger partial charge is 0.490 e. The van der Waals surface area contributed by atoms with E-state index in [9.17, 15) is 4.79 Å². The van der Waals surface area contributed by atoms with Crippen LogP contribution in [0.1, 0.15) is 24.0 Å². The topological polar surface area (TPSA) is 47.6 Å². The van der Waals surface area contributed by atoms with Crippen LogP contribution in [0.3, 0.4) is 0 Å². The van der Waals surface area contributed by atoms with Gasteiger partial charge in [-0.15, -0.1) is 0 Å². The molecule has 27 heavy (non-hydrogen) atoms. The Morgan fingerprint density at radius 1 is 0.815 bits per heavy atom.